The lowest BCUT2D eigenvalue weighted by Crippen LogP contribution is -2.27. The lowest BCUT2D eigenvalue weighted by Gasteiger charge is -2.23. The van der Waals surface area contributed by atoms with Crippen molar-refractivity contribution in [1.29, 1.82) is 0 Å². The molecule has 1 atom stereocenters. The van der Waals surface area contributed by atoms with Crippen LogP contribution in [-0.4, -0.2) is 26.2 Å². The van der Waals surface area contributed by atoms with Crippen LogP contribution in [0, 0.1) is 5.92 Å². The number of tetrazole rings is 1. The highest BCUT2D eigenvalue weighted by Gasteiger charge is 2.18. The average Bonchev–Trinajstić information content (AvgIpc) is 2.65. The molecule has 2 rings (SSSR count). The van der Waals surface area contributed by atoms with E-state index >= 15 is 0 Å². The van der Waals surface area contributed by atoms with Crippen LogP contribution in [0.3, 0.4) is 0 Å². The summed E-state index contributed by atoms with van der Waals surface area (Å²) < 4.78 is 0. The maximum Gasteiger partial charge on any atom is 0.176 e. The van der Waals surface area contributed by atoms with Crippen LogP contribution in [-0.2, 0) is 13.5 Å². The summed E-state index contributed by atoms with van der Waals surface area (Å²) in [5, 5.41) is 11.9. The van der Waals surface area contributed by atoms with Gasteiger partial charge in [-0.15, -0.1) is 10.2 Å². The second-order valence-corrected chi connectivity index (χ2v) is 4.90. The van der Waals surface area contributed by atoms with E-state index in [-0.39, 0.29) is 6.04 Å². The summed E-state index contributed by atoms with van der Waals surface area (Å²) in [6.45, 7) is 0. The molecule has 0 amide bonds. The standard InChI is InChI=1S/C11H21N5/c1-16-14-11(13-15-16)8-10(12)7-9-5-3-2-4-6-9/h9-10H,2-8,12H2,1H3. The largest absolute Gasteiger partial charge is 0.327 e. The van der Waals surface area contributed by atoms with Gasteiger partial charge in [0.25, 0.3) is 0 Å². The van der Waals surface area contributed by atoms with E-state index in [0.29, 0.717) is 0 Å². The minimum Gasteiger partial charge on any atom is -0.327 e. The third-order valence-electron chi connectivity index (χ3n) is 3.36. The lowest BCUT2D eigenvalue weighted by atomic mass is 9.84. The van der Waals surface area contributed by atoms with E-state index in [1.165, 1.54) is 36.9 Å². The van der Waals surface area contributed by atoms with Gasteiger partial charge in [-0.1, -0.05) is 32.1 Å². The van der Waals surface area contributed by atoms with E-state index in [4.69, 9.17) is 5.73 Å². The summed E-state index contributed by atoms with van der Waals surface area (Å²) >= 11 is 0. The Hall–Kier alpha value is -0.970. The molecule has 0 aliphatic heterocycles. The highest BCUT2D eigenvalue weighted by Crippen LogP contribution is 2.27. The SMILES string of the molecule is Cn1nnc(CC(N)CC2CCCCC2)n1. The summed E-state index contributed by atoms with van der Waals surface area (Å²) in [4.78, 5) is 1.49. The van der Waals surface area contributed by atoms with Crippen molar-refractivity contribution in [2.24, 2.45) is 18.7 Å². The van der Waals surface area contributed by atoms with Crippen LogP contribution in [0.4, 0.5) is 0 Å². The molecule has 0 bridgehead atoms. The van der Waals surface area contributed by atoms with Crippen LogP contribution in [0.25, 0.3) is 0 Å². The maximum atomic E-state index is 6.13. The number of aryl methyl sites for hydroxylation is 1. The van der Waals surface area contributed by atoms with Crippen molar-refractivity contribution < 1.29 is 0 Å². The molecule has 5 nitrogen and oxygen atoms in total. The molecule has 2 N–H and O–H groups in total. The predicted molar refractivity (Wildman–Crippen MR) is 61.7 cm³/mol. The minimum atomic E-state index is 0.187. The lowest BCUT2D eigenvalue weighted by molar-refractivity contribution is 0.315. The Morgan fingerprint density at radius 1 is 1.38 bits per heavy atom. The molecule has 1 heterocycles. The molecule has 0 saturated heterocycles. The fourth-order valence-electron chi connectivity index (χ4n) is 2.57. The first kappa shape index (κ1) is 11.5. The van der Waals surface area contributed by atoms with Crippen molar-refractivity contribution in [3.63, 3.8) is 0 Å². The summed E-state index contributed by atoms with van der Waals surface area (Å²) in [6, 6.07) is 0.187. The zero-order valence-electron chi connectivity index (χ0n) is 9.97. The van der Waals surface area contributed by atoms with Crippen LogP contribution in [0.5, 0.6) is 0 Å². The molecular formula is C11H21N5. The van der Waals surface area contributed by atoms with Gasteiger partial charge >= 0.3 is 0 Å². The second-order valence-electron chi connectivity index (χ2n) is 4.90. The van der Waals surface area contributed by atoms with Crippen molar-refractivity contribution in [3.8, 4) is 0 Å². The van der Waals surface area contributed by atoms with Crippen LogP contribution < -0.4 is 5.73 Å². The first-order chi connectivity index (χ1) is 7.74. The molecule has 1 aliphatic rings. The van der Waals surface area contributed by atoms with Crippen LogP contribution in [0.2, 0.25) is 0 Å². The van der Waals surface area contributed by atoms with Gasteiger partial charge in [-0.3, -0.25) is 0 Å². The van der Waals surface area contributed by atoms with Gasteiger partial charge in [0.2, 0.25) is 0 Å². The van der Waals surface area contributed by atoms with E-state index in [9.17, 15) is 0 Å². The predicted octanol–water partition coefficient (Wildman–Crippen LogP) is 1.05. The Balaban J connectivity index is 1.77. The molecule has 16 heavy (non-hydrogen) atoms. The number of hydrogen-bond acceptors (Lipinski definition) is 4. The fraction of sp³-hybridized carbons (Fsp3) is 0.909. The quantitative estimate of drug-likeness (QED) is 0.828. The molecule has 0 aromatic carbocycles. The van der Waals surface area contributed by atoms with Gasteiger partial charge in [0, 0.05) is 12.5 Å². The third-order valence-corrected chi connectivity index (χ3v) is 3.36. The Labute approximate surface area is 96.4 Å². The first-order valence-corrected chi connectivity index (χ1v) is 6.22. The van der Waals surface area contributed by atoms with Crippen molar-refractivity contribution in [3.05, 3.63) is 5.82 Å². The van der Waals surface area contributed by atoms with Crippen LogP contribution in [0.15, 0.2) is 0 Å². The summed E-state index contributed by atoms with van der Waals surface area (Å²) in [7, 11) is 1.78. The van der Waals surface area contributed by atoms with E-state index in [1.54, 1.807) is 7.05 Å². The van der Waals surface area contributed by atoms with Crippen molar-refractivity contribution in [2.45, 2.75) is 51.0 Å². The van der Waals surface area contributed by atoms with Gasteiger partial charge in [0.15, 0.2) is 5.82 Å². The molecule has 0 radical (unpaired) electrons. The van der Waals surface area contributed by atoms with Gasteiger partial charge in [0.05, 0.1) is 7.05 Å². The Kier molecular flexibility index (Phi) is 3.88. The molecule has 1 unspecified atom stereocenters. The normalized spacial score (nSPS) is 19.9. The van der Waals surface area contributed by atoms with Gasteiger partial charge in [-0.05, 0) is 17.6 Å². The highest BCUT2D eigenvalue weighted by molar-refractivity contribution is 4.84. The summed E-state index contributed by atoms with van der Waals surface area (Å²) in [6.07, 6.45) is 8.71. The van der Waals surface area contributed by atoms with E-state index in [0.717, 1.165) is 24.6 Å². The molecule has 90 valence electrons. The highest BCUT2D eigenvalue weighted by atomic mass is 15.6. The Morgan fingerprint density at radius 2 is 2.12 bits per heavy atom. The molecule has 1 fully saturated rings. The van der Waals surface area contributed by atoms with E-state index in [1.807, 2.05) is 0 Å². The third kappa shape index (κ3) is 3.27. The molecule has 1 aromatic heterocycles. The Morgan fingerprint density at radius 3 is 2.75 bits per heavy atom. The molecule has 0 spiro atoms. The van der Waals surface area contributed by atoms with Gasteiger partial charge in [0.1, 0.15) is 0 Å². The van der Waals surface area contributed by atoms with Crippen LogP contribution >= 0.6 is 0 Å². The number of nitrogens with two attached hydrogens (primary N) is 1. The van der Waals surface area contributed by atoms with Gasteiger partial charge in [-0.25, -0.2) is 0 Å². The smallest absolute Gasteiger partial charge is 0.176 e. The van der Waals surface area contributed by atoms with Gasteiger partial charge in [-0.2, -0.15) is 4.80 Å². The number of hydrogen-bond donors (Lipinski definition) is 1. The Bertz CT molecular complexity index is 316. The maximum absolute atomic E-state index is 6.13. The first-order valence-electron chi connectivity index (χ1n) is 6.22. The molecule has 5 heteroatoms. The number of rotatable bonds is 4. The zero-order valence-corrected chi connectivity index (χ0v) is 9.97. The topological polar surface area (TPSA) is 69.6 Å². The summed E-state index contributed by atoms with van der Waals surface area (Å²) in [5.74, 6) is 1.59. The number of nitrogens with zero attached hydrogens (tertiary/aromatic N) is 4. The molecule has 1 saturated carbocycles. The molecule has 1 aromatic rings. The monoisotopic (exact) mass is 223 g/mol. The van der Waals surface area contributed by atoms with Crippen LogP contribution in [0.1, 0.15) is 44.3 Å². The molecule has 1 aliphatic carbocycles. The van der Waals surface area contributed by atoms with Crippen molar-refractivity contribution in [2.75, 3.05) is 0 Å². The summed E-state index contributed by atoms with van der Waals surface area (Å²) in [5.41, 5.74) is 6.13. The zero-order chi connectivity index (χ0) is 11.4. The minimum absolute atomic E-state index is 0.187. The second kappa shape index (κ2) is 5.39. The van der Waals surface area contributed by atoms with Gasteiger partial charge < -0.3 is 5.73 Å². The van der Waals surface area contributed by atoms with E-state index < -0.39 is 0 Å². The fourth-order valence-corrected chi connectivity index (χ4v) is 2.57. The average molecular weight is 223 g/mol. The number of aromatic nitrogens is 4. The molecular weight excluding hydrogens is 202 g/mol. The van der Waals surface area contributed by atoms with E-state index in [2.05, 4.69) is 15.4 Å². The van der Waals surface area contributed by atoms with Crippen molar-refractivity contribution in [1.82, 2.24) is 20.2 Å². The van der Waals surface area contributed by atoms with Crippen molar-refractivity contribution >= 4 is 0 Å².